The summed E-state index contributed by atoms with van der Waals surface area (Å²) in [5.41, 5.74) is 0. The Morgan fingerprint density at radius 3 is 2.32 bits per heavy atom. The summed E-state index contributed by atoms with van der Waals surface area (Å²) in [4.78, 5) is 0.204. The summed E-state index contributed by atoms with van der Waals surface area (Å²) in [6, 6.07) is 4.53. The first-order chi connectivity index (χ1) is 8.93. The molecule has 1 fully saturated rings. The quantitative estimate of drug-likeness (QED) is 0.845. The second kappa shape index (κ2) is 6.00. The molecule has 0 spiro atoms. The normalized spacial score (nSPS) is 17.9. The van der Waals surface area contributed by atoms with Crippen molar-refractivity contribution in [1.82, 2.24) is 4.31 Å². The first kappa shape index (κ1) is 15.1. The molecule has 6 heteroatoms. The highest BCUT2D eigenvalue weighted by atomic mass is 35.5. The van der Waals surface area contributed by atoms with Gasteiger partial charge in [-0.2, -0.15) is 4.31 Å². The van der Waals surface area contributed by atoms with Crippen molar-refractivity contribution in [2.45, 2.75) is 43.0 Å². The summed E-state index contributed by atoms with van der Waals surface area (Å²) in [5.74, 6) is 0. The second-order valence-electron chi connectivity index (χ2n) is 4.89. The van der Waals surface area contributed by atoms with E-state index in [0.717, 1.165) is 25.7 Å². The van der Waals surface area contributed by atoms with E-state index in [9.17, 15) is 8.42 Å². The molecule has 106 valence electrons. The monoisotopic (exact) mass is 321 g/mol. The van der Waals surface area contributed by atoms with Crippen molar-refractivity contribution in [2.75, 3.05) is 7.05 Å². The summed E-state index contributed by atoms with van der Waals surface area (Å²) in [7, 11) is -1.84. The van der Waals surface area contributed by atoms with Crippen molar-refractivity contribution in [2.24, 2.45) is 0 Å². The standard InChI is InChI=1S/C13H17Cl2NO2S/c1-16(10-5-3-2-4-6-10)19(17,18)11-7-8-12(14)13(15)9-11/h7-10H,2-6H2,1H3. The van der Waals surface area contributed by atoms with Crippen LogP contribution in [0.15, 0.2) is 23.1 Å². The molecule has 19 heavy (non-hydrogen) atoms. The predicted molar refractivity (Wildman–Crippen MR) is 78.3 cm³/mol. The molecule has 0 N–H and O–H groups in total. The van der Waals surface area contributed by atoms with Crippen LogP contribution in [0.4, 0.5) is 0 Å². The van der Waals surface area contributed by atoms with Gasteiger partial charge in [0.05, 0.1) is 14.9 Å². The number of halogens is 2. The van der Waals surface area contributed by atoms with Gasteiger partial charge in [0.2, 0.25) is 10.0 Å². The fraction of sp³-hybridized carbons (Fsp3) is 0.538. The topological polar surface area (TPSA) is 37.4 Å². The molecule has 0 amide bonds. The Hall–Kier alpha value is -0.290. The van der Waals surface area contributed by atoms with Crippen LogP contribution in [0.25, 0.3) is 0 Å². The van der Waals surface area contributed by atoms with Crippen molar-refractivity contribution in [3.63, 3.8) is 0 Å². The van der Waals surface area contributed by atoms with Crippen LogP contribution in [0, 0.1) is 0 Å². The maximum atomic E-state index is 12.5. The molecule has 1 aromatic carbocycles. The van der Waals surface area contributed by atoms with E-state index >= 15 is 0 Å². The largest absolute Gasteiger partial charge is 0.243 e. The van der Waals surface area contributed by atoms with Gasteiger partial charge in [-0.05, 0) is 31.0 Å². The Kier molecular flexibility index (Phi) is 4.77. The molecule has 0 aromatic heterocycles. The van der Waals surface area contributed by atoms with Gasteiger partial charge >= 0.3 is 0 Å². The fourth-order valence-electron chi connectivity index (χ4n) is 2.44. The number of hydrogen-bond acceptors (Lipinski definition) is 2. The third-order valence-corrected chi connectivity index (χ3v) is 6.30. The lowest BCUT2D eigenvalue weighted by Gasteiger charge is -2.30. The summed E-state index contributed by atoms with van der Waals surface area (Å²) < 4.78 is 26.5. The number of benzene rings is 1. The summed E-state index contributed by atoms with van der Waals surface area (Å²) >= 11 is 11.7. The molecular weight excluding hydrogens is 305 g/mol. The van der Waals surface area contributed by atoms with Crippen LogP contribution in [0.2, 0.25) is 10.0 Å². The Morgan fingerprint density at radius 2 is 1.74 bits per heavy atom. The zero-order chi connectivity index (χ0) is 14.0. The van der Waals surface area contributed by atoms with Crippen molar-refractivity contribution < 1.29 is 8.42 Å². The lowest BCUT2D eigenvalue weighted by atomic mass is 9.96. The van der Waals surface area contributed by atoms with Gasteiger partial charge in [-0.15, -0.1) is 0 Å². The fourth-order valence-corrected chi connectivity index (χ4v) is 4.25. The van der Waals surface area contributed by atoms with Crippen molar-refractivity contribution in [3.05, 3.63) is 28.2 Å². The molecule has 1 aromatic rings. The van der Waals surface area contributed by atoms with E-state index in [1.54, 1.807) is 7.05 Å². The molecule has 0 aliphatic heterocycles. The van der Waals surface area contributed by atoms with Crippen LogP contribution >= 0.6 is 23.2 Å². The van der Waals surface area contributed by atoms with E-state index in [-0.39, 0.29) is 16.0 Å². The highest BCUT2D eigenvalue weighted by Gasteiger charge is 2.29. The Morgan fingerprint density at radius 1 is 1.11 bits per heavy atom. The minimum Gasteiger partial charge on any atom is -0.207 e. The third-order valence-electron chi connectivity index (χ3n) is 3.66. The number of rotatable bonds is 3. The highest BCUT2D eigenvalue weighted by molar-refractivity contribution is 7.89. The van der Waals surface area contributed by atoms with Gasteiger partial charge in [0, 0.05) is 13.1 Å². The molecule has 0 radical (unpaired) electrons. The predicted octanol–water partition coefficient (Wildman–Crippen LogP) is 3.95. The maximum absolute atomic E-state index is 12.5. The number of hydrogen-bond donors (Lipinski definition) is 0. The van der Waals surface area contributed by atoms with Gasteiger partial charge in [-0.1, -0.05) is 42.5 Å². The van der Waals surface area contributed by atoms with Crippen LogP contribution in [-0.4, -0.2) is 25.8 Å². The molecule has 0 bridgehead atoms. The first-order valence-corrected chi connectivity index (χ1v) is 8.55. The van der Waals surface area contributed by atoms with Gasteiger partial charge in [-0.3, -0.25) is 0 Å². The van der Waals surface area contributed by atoms with Gasteiger partial charge in [0.15, 0.2) is 0 Å². The van der Waals surface area contributed by atoms with Gasteiger partial charge < -0.3 is 0 Å². The zero-order valence-electron chi connectivity index (χ0n) is 10.8. The summed E-state index contributed by atoms with van der Waals surface area (Å²) in [6.07, 6.45) is 5.23. The molecule has 2 rings (SSSR count). The molecule has 1 aliphatic rings. The lowest BCUT2D eigenvalue weighted by Crippen LogP contribution is -2.38. The molecule has 0 saturated heterocycles. The number of sulfonamides is 1. The lowest BCUT2D eigenvalue weighted by molar-refractivity contribution is 0.286. The van der Waals surface area contributed by atoms with E-state index in [1.165, 1.54) is 28.9 Å². The Balaban J connectivity index is 2.27. The van der Waals surface area contributed by atoms with Crippen LogP contribution in [-0.2, 0) is 10.0 Å². The van der Waals surface area contributed by atoms with E-state index in [0.29, 0.717) is 5.02 Å². The summed E-state index contributed by atoms with van der Waals surface area (Å²) in [6.45, 7) is 0. The maximum Gasteiger partial charge on any atom is 0.243 e. The molecular formula is C13H17Cl2NO2S. The average Bonchev–Trinajstić information content (AvgIpc) is 2.41. The Labute approximate surface area is 124 Å². The smallest absolute Gasteiger partial charge is 0.207 e. The van der Waals surface area contributed by atoms with Crippen molar-refractivity contribution in [1.29, 1.82) is 0 Å². The van der Waals surface area contributed by atoms with E-state index in [1.807, 2.05) is 0 Å². The van der Waals surface area contributed by atoms with Crippen LogP contribution in [0.3, 0.4) is 0 Å². The van der Waals surface area contributed by atoms with Crippen LogP contribution in [0.5, 0.6) is 0 Å². The Bertz CT molecular complexity index is 554. The third kappa shape index (κ3) is 3.24. The van der Waals surface area contributed by atoms with E-state index in [2.05, 4.69) is 0 Å². The van der Waals surface area contributed by atoms with E-state index < -0.39 is 10.0 Å². The van der Waals surface area contributed by atoms with Crippen molar-refractivity contribution >= 4 is 33.2 Å². The highest BCUT2D eigenvalue weighted by Crippen LogP contribution is 2.29. The average molecular weight is 322 g/mol. The number of nitrogens with zero attached hydrogens (tertiary/aromatic N) is 1. The molecule has 1 aliphatic carbocycles. The second-order valence-corrected chi connectivity index (χ2v) is 7.70. The minimum atomic E-state index is -3.49. The molecule has 0 atom stereocenters. The summed E-state index contributed by atoms with van der Waals surface area (Å²) in [5, 5.41) is 0.626. The molecule has 0 heterocycles. The van der Waals surface area contributed by atoms with Gasteiger partial charge in [0.1, 0.15) is 0 Å². The SMILES string of the molecule is CN(C1CCCCC1)S(=O)(=O)c1ccc(Cl)c(Cl)c1. The minimum absolute atomic E-state index is 0.0909. The van der Waals surface area contributed by atoms with Crippen LogP contribution in [0.1, 0.15) is 32.1 Å². The zero-order valence-corrected chi connectivity index (χ0v) is 13.1. The first-order valence-electron chi connectivity index (χ1n) is 6.36. The van der Waals surface area contributed by atoms with Crippen LogP contribution < -0.4 is 0 Å². The van der Waals surface area contributed by atoms with Crippen molar-refractivity contribution in [3.8, 4) is 0 Å². The van der Waals surface area contributed by atoms with E-state index in [4.69, 9.17) is 23.2 Å². The molecule has 0 unspecified atom stereocenters. The van der Waals surface area contributed by atoms with Gasteiger partial charge in [0.25, 0.3) is 0 Å². The van der Waals surface area contributed by atoms with Gasteiger partial charge in [-0.25, -0.2) is 8.42 Å². The molecule has 1 saturated carbocycles. The molecule has 3 nitrogen and oxygen atoms in total.